The number of nitrogens with one attached hydrogen (secondary N) is 1. The van der Waals surface area contributed by atoms with E-state index in [2.05, 4.69) is 31.5 Å². The average Bonchev–Trinajstić information content (AvgIpc) is 3.14. The maximum atomic E-state index is 12.4. The number of fused-ring (bicyclic) bond motifs is 2. The fourth-order valence-corrected chi connectivity index (χ4v) is 3.91. The highest BCUT2D eigenvalue weighted by molar-refractivity contribution is 5.97. The van der Waals surface area contributed by atoms with Gasteiger partial charge < -0.3 is 10.2 Å². The van der Waals surface area contributed by atoms with Gasteiger partial charge >= 0.3 is 0 Å². The molecule has 1 saturated heterocycles. The lowest BCUT2D eigenvalue weighted by atomic mass is 9.99. The van der Waals surface area contributed by atoms with E-state index in [0.29, 0.717) is 18.0 Å². The van der Waals surface area contributed by atoms with E-state index in [4.69, 9.17) is 0 Å². The van der Waals surface area contributed by atoms with Crippen molar-refractivity contribution in [2.24, 2.45) is 5.92 Å². The first kappa shape index (κ1) is 16.2. The average molecular weight is 359 g/mol. The molecule has 0 saturated carbocycles. The van der Waals surface area contributed by atoms with Crippen LogP contribution in [0.15, 0.2) is 42.6 Å². The Morgan fingerprint density at radius 1 is 1.15 bits per heavy atom. The fourth-order valence-electron chi connectivity index (χ4n) is 3.91. The first-order valence-corrected chi connectivity index (χ1v) is 9.50. The third kappa shape index (κ3) is 3.12. The van der Waals surface area contributed by atoms with Crippen molar-refractivity contribution < 1.29 is 4.79 Å². The van der Waals surface area contributed by atoms with E-state index in [1.165, 1.54) is 12.0 Å². The number of aryl methyl sites for hydroxylation is 2. The Kier molecular flexibility index (Phi) is 3.96. The van der Waals surface area contributed by atoms with Crippen LogP contribution in [0.1, 0.15) is 28.0 Å². The zero-order valence-corrected chi connectivity index (χ0v) is 15.1. The number of benzene rings is 1. The van der Waals surface area contributed by atoms with Crippen molar-refractivity contribution in [3.63, 3.8) is 0 Å². The Bertz CT molecular complexity index is 1010. The number of nitrogens with zero attached hydrogens (tertiary/aromatic N) is 4. The summed E-state index contributed by atoms with van der Waals surface area (Å²) < 4.78 is 0. The van der Waals surface area contributed by atoms with Crippen LogP contribution in [0.2, 0.25) is 0 Å². The van der Waals surface area contributed by atoms with E-state index in [0.717, 1.165) is 48.3 Å². The van der Waals surface area contributed by atoms with Gasteiger partial charge in [0.25, 0.3) is 5.91 Å². The molecule has 3 aromatic rings. The molecular weight excluding hydrogens is 338 g/mol. The SMILES string of the molecule is O=C(NCC1CN(c2cc3c(nn2)CCC3)C1)c1ccc2ncccc2c1. The quantitative estimate of drug-likeness (QED) is 0.774. The summed E-state index contributed by atoms with van der Waals surface area (Å²) in [6.07, 6.45) is 5.12. The van der Waals surface area contributed by atoms with Crippen LogP contribution in [-0.2, 0) is 12.8 Å². The van der Waals surface area contributed by atoms with E-state index >= 15 is 0 Å². The number of hydrogen-bond acceptors (Lipinski definition) is 5. The minimum atomic E-state index is -0.0310. The van der Waals surface area contributed by atoms with Gasteiger partial charge in [-0.25, -0.2) is 0 Å². The number of anilines is 1. The highest BCUT2D eigenvalue weighted by atomic mass is 16.1. The number of carbonyl (C=O) groups is 1. The molecule has 3 heterocycles. The lowest BCUT2D eigenvalue weighted by molar-refractivity contribution is 0.0944. The summed E-state index contributed by atoms with van der Waals surface area (Å²) in [7, 11) is 0. The van der Waals surface area contributed by atoms with Crippen molar-refractivity contribution in [1.29, 1.82) is 0 Å². The molecule has 6 heteroatoms. The monoisotopic (exact) mass is 359 g/mol. The highest BCUT2D eigenvalue weighted by Crippen LogP contribution is 2.27. The third-order valence-corrected chi connectivity index (χ3v) is 5.50. The molecule has 1 amide bonds. The zero-order valence-electron chi connectivity index (χ0n) is 15.1. The summed E-state index contributed by atoms with van der Waals surface area (Å²) in [5, 5.41) is 12.8. The highest BCUT2D eigenvalue weighted by Gasteiger charge is 2.29. The molecule has 136 valence electrons. The lowest BCUT2D eigenvalue weighted by Crippen LogP contribution is -2.52. The molecule has 1 aromatic carbocycles. The standard InChI is InChI=1S/C21H21N5O/c27-21(17-6-7-18-15(9-17)4-2-8-22-18)23-11-14-12-26(13-14)20-10-16-3-1-5-19(16)24-25-20/h2,4,6-10,14H,1,3,5,11-13H2,(H,23,27). The number of carbonyl (C=O) groups excluding carboxylic acids is 1. The number of hydrogen-bond donors (Lipinski definition) is 1. The van der Waals surface area contributed by atoms with E-state index in [-0.39, 0.29) is 5.91 Å². The number of amides is 1. The van der Waals surface area contributed by atoms with Gasteiger partial charge in [0.05, 0.1) is 11.2 Å². The second-order valence-electron chi connectivity index (χ2n) is 7.42. The summed E-state index contributed by atoms with van der Waals surface area (Å²) in [4.78, 5) is 19.0. The van der Waals surface area contributed by atoms with Gasteiger partial charge in [0.1, 0.15) is 0 Å². The molecule has 0 atom stereocenters. The van der Waals surface area contributed by atoms with Crippen molar-refractivity contribution in [2.75, 3.05) is 24.5 Å². The summed E-state index contributed by atoms with van der Waals surface area (Å²) in [6.45, 7) is 2.50. The molecule has 1 aliphatic carbocycles. The normalized spacial score (nSPS) is 16.2. The maximum Gasteiger partial charge on any atom is 0.251 e. The zero-order chi connectivity index (χ0) is 18.2. The van der Waals surface area contributed by atoms with Gasteiger partial charge in [-0.2, -0.15) is 5.10 Å². The van der Waals surface area contributed by atoms with Crippen LogP contribution in [0.25, 0.3) is 10.9 Å². The minimum absolute atomic E-state index is 0.0310. The van der Waals surface area contributed by atoms with Crippen molar-refractivity contribution in [1.82, 2.24) is 20.5 Å². The fraction of sp³-hybridized carbons (Fsp3) is 0.333. The molecule has 5 rings (SSSR count). The summed E-state index contributed by atoms with van der Waals surface area (Å²) >= 11 is 0. The Morgan fingerprint density at radius 2 is 2.07 bits per heavy atom. The molecule has 27 heavy (non-hydrogen) atoms. The van der Waals surface area contributed by atoms with Crippen LogP contribution < -0.4 is 10.2 Å². The van der Waals surface area contributed by atoms with E-state index in [1.807, 2.05) is 30.3 Å². The van der Waals surface area contributed by atoms with Gasteiger partial charge in [0.15, 0.2) is 5.82 Å². The maximum absolute atomic E-state index is 12.4. The number of pyridine rings is 1. The van der Waals surface area contributed by atoms with Crippen LogP contribution in [0.4, 0.5) is 5.82 Å². The predicted molar refractivity (Wildman–Crippen MR) is 104 cm³/mol. The second kappa shape index (κ2) is 6.61. The van der Waals surface area contributed by atoms with Crippen molar-refractivity contribution in [3.8, 4) is 0 Å². The van der Waals surface area contributed by atoms with Crippen LogP contribution in [0.5, 0.6) is 0 Å². The van der Waals surface area contributed by atoms with Gasteiger partial charge in [-0.05, 0) is 55.2 Å². The molecule has 6 nitrogen and oxygen atoms in total. The Hall–Kier alpha value is -3.02. The van der Waals surface area contributed by atoms with Crippen LogP contribution in [0, 0.1) is 5.92 Å². The molecule has 1 aliphatic heterocycles. The minimum Gasteiger partial charge on any atom is -0.354 e. The predicted octanol–water partition coefficient (Wildman–Crippen LogP) is 2.38. The number of rotatable bonds is 4. The Balaban J connectivity index is 1.16. The van der Waals surface area contributed by atoms with Crippen LogP contribution >= 0.6 is 0 Å². The molecule has 0 bridgehead atoms. The molecule has 0 spiro atoms. The first-order chi connectivity index (χ1) is 13.3. The van der Waals surface area contributed by atoms with Gasteiger partial charge in [0, 0.05) is 42.7 Å². The van der Waals surface area contributed by atoms with E-state index < -0.39 is 0 Å². The number of aromatic nitrogens is 3. The molecule has 2 aromatic heterocycles. The molecule has 0 unspecified atom stereocenters. The van der Waals surface area contributed by atoms with Crippen LogP contribution in [-0.4, -0.2) is 40.7 Å². The second-order valence-corrected chi connectivity index (χ2v) is 7.42. The molecule has 1 N–H and O–H groups in total. The van der Waals surface area contributed by atoms with Crippen LogP contribution in [0.3, 0.4) is 0 Å². The smallest absolute Gasteiger partial charge is 0.251 e. The van der Waals surface area contributed by atoms with Crippen molar-refractivity contribution >= 4 is 22.6 Å². The summed E-state index contributed by atoms with van der Waals surface area (Å²) in [5.41, 5.74) is 4.09. The van der Waals surface area contributed by atoms with Crippen molar-refractivity contribution in [2.45, 2.75) is 19.3 Å². The first-order valence-electron chi connectivity index (χ1n) is 9.50. The summed E-state index contributed by atoms with van der Waals surface area (Å²) in [5.74, 6) is 1.39. The van der Waals surface area contributed by atoms with Crippen molar-refractivity contribution in [3.05, 3.63) is 59.4 Å². The topological polar surface area (TPSA) is 71.0 Å². The van der Waals surface area contributed by atoms with Gasteiger partial charge in [0.2, 0.25) is 0 Å². The summed E-state index contributed by atoms with van der Waals surface area (Å²) in [6, 6.07) is 11.7. The third-order valence-electron chi connectivity index (χ3n) is 5.50. The lowest BCUT2D eigenvalue weighted by Gasteiger charge is -2.40. The largest absolute Gasteiger partial charge is 0.354 e. The van der Waals surface area contributed by atoms with Gasteiger partial charge in [-0.1, -0.05) is 6.07 Å². The Labute approximate surface area is 157 Å². The van der Waals surface area contributed by atoms with Gasteiger partial charge in [-0.15, -0.1) is 5.10 Å². The molecule has 1 fully saturated rings. The van der Waals surface area contributed by atoms with Gasteiger partial charge in [-0.3, -0.25) is 9.78 Å². The van der Waals surface area contributed by atoms with E-state index in [1.54, 1.807) is 6.20 Å². The Morgan fingerprint density at radius 3 is 3.00 bits per heavy atom. The molecular formula is C21H21N5O. The molecule has 2 aliphatic rings. The van der Waals surface area contributed by atoms with E-state index in [9.17, 15) is 4.79 Å². The molecule has 0 radical (unpaired) electrons.